The Kier molecular flexibility index (Phi) is 7.20. The van der Waals surface area contributed by atoms with E-state index >= 15 is 0 Å². The summed E-state index contributed by atoms with van der Waals surface area (Å²) in [5, 5.41) is 29.0. The van der Waals surface area contributed by atoms with Gasteiger partial charge in [-0.15, -0.1) is 11.3 Å². The highest BCUT2D eigenvalue weighted by molar-refractivity contribution is 7.12. The molecule has 0 saturated carbocycles. The lowest BCUT2D eigenvalue weighted by Crippen LogP contribution is -2.46. The standard InChI is InChI=1S/C23H16Cl2F3NO4S/c1-11-7-20(34-19(11)10-29)22(32,23(26,27)28)12(2)15-5-3-13(8-17(15)24)33-14-4-6-16(21(30)31)18(25)9-14/h3-9,12,32H,1-2H3,(H,30,31)/t12-,22-/m1/s1. The number of ether oxygens (including phenoxy) is 1. The third kappa shape index (κ3) is 4.72. The van der Waals surface area contributed by atoms with Crippen molar-refractivity contribution in [1.82, 2.24) is 0 Å². The molecule has 1 aromatic heterocycles. The number of carbonyl (C=O) groups is 1. The molecule has 3 aromatic rings. The van der Waals surface area contributed by atoms with Crippen LogP contribution in [0.1, 0.15) is 44.1 Å². The third-order valence-electron chi connectivity index (χ3n) is 5.30. The van der Waals surface area contributed by atoms with Crippen molar-refractivity contribution in [1.29, 1.82) is 5.26 Å². The molecule has 0 aliphatic carbocycles. The van der Waals surface area contributed by atoms with Crippen LogP contribution >= 0.6 is 34.5 Å². The van der Waals surface area contributed by atoms with Gasteiger partial charge in [0.2, 0.25) is 5.60 Å². The molecule has 2 aromatic carbocycles. The molecule has 5 nitrogen and oxygen atoms in total. The average Bonchev–Trinajstić information content (AvgIpc) is 3.12. The van der Waals surface area contributed by atoms with Gasteiger partial charge in [-0.2, -0.15) is 18.4 Å². The minimum atomic E-state index is -5.06. The van der Waals surface area contributed by atoms with Crippen LogP contribution in [0.15, 0.2) is 42.5 Å². The van der Waals surface area contributed by atoms with Gasteiger partial charge in [0.05, 0.1) is 10.6 Å². The van der Waals surface area contributed by atoms with Crippen LogP contribution in [0, 0.1) is 18.3 Å². The lowest BCUT2D eigenvalue weighted by molar-refractivity contribution is -0.273. The number of nitrogens with zero attached hydrogens (tertiary/aromatic N) is 1. The number of nitriles is 1. The summed E-state index contributed by atoms with van der Waals surface area (Å²) in [5.74, 6) is -2.38. The monoisotopic (exact) mass is 529 g/mol. The molecular formula is C23H16Cl2F3NO4S. The molecule has 0 radical (unpaired) electrons. The highest BCUT2D eigenvalue weighted by atomic mass is 35.5. The van der Waals surface area contributed by atoms with Crippen molar-refractivity contribution in [3.05, 3.63) is 79.0 Å². The molecule has 2 N–H and O–H groups in total. The Morgan fingerprint density at radius 1 is 1.12 bits per heavy atom. The van der Waals surface area contributed by atoms with E-state index in [9.17, 15) is 23.1 Å². The Balaban J connectivity index is 1.96. The second-order valence-corrected chi connectivity index (χ2v) is 9.32. The number of rotatable bonds is 6. The number of alkyl halides is 3. The van der Waals surface area contributed by atoms with Gasteiger partial charge in [0.1, 0.15) is 22.4 Å². The van der Waals surface area contributed by atoms with E-state index in [2.05, 4.69) is 0 Å². The van der Waals surface area contributed by atoms with Crippen molar-refractivity contribution < 1.29 is 32.9 Å². The zero-order chi connectivity index (χ0) is 25.4. The van der Waals surface area contributed by atoms with Gasteiger partial charge in [0, 0.05) is 21.9 Å². The summed E-state index contributed by atoms with van der Waals surface area (Å²) < 4.78 is 48.0. The zero-order valence-electron chi connectivity index (χ0n) is 17.6. The maximum absolute atomic E-state index is 14.1. The summed E-state index contributed by atoms with van der Waals surface area (Å²) in [6.45, 7) is 2.69. The predicted octanol–water partition coefficient (Wildman–Crippen LogP) is 7.28. The summed E-state index contributed by atoms with van der Waals surface area (Å²) in [6.07, 6.45) is -5.06. The van der Waals surface area contributed by atoms with Gasteiger partial charge in [0.25, 0.3) is 0 Å². The Morgan fingerprint density at radius 2 is 1.71 bits per heavy atom. The molecule has 0 amide bonds. The number of aryl methyl sites for hydroxylation is 1. The second-order valence-electron chi connectivity index (χ2n) is 7.45. The number of hydrogen-bond acceptors (Lipinski definition) is 5. The van der Waals surface area contributed by atoms with Gasteiger partial charge in [-0.25, -0.2) is 4.79 Å². The lowest BCUT2D eigenvalue weighted by Gasteiger charge is -2.35. The number of benzene rings is 2. The van der Waals surface area contributed by atoms with Crippen LogP contribution in [-0.2, 0) is 5.60 Å². The molecular weight excluding hydrogens is 514 g/mol. The summed E-state index contributed by atoms with van der Waals surface area (Å²) in [4.78, 5) is 10.7. The Morgan fingerprint density at radius 3 is 2.18 bits per heavy atom. The summed E-state index contributed by atoms with van der Waals surface area (Å²) in [6, 6.07) is 10.8. The van der Waals surface area contributed by atoms with Crippen LogP contribution in [-0.4, -0.2) is 22.4 Å². The molecule has 0 unspecified atom stereocenters. The predicted molar refractivity (Wildman–Crippen MR) is 122 cm³/mol. The molecule has 2 atom stereocenters. The molecule has 0 fully saturated rings. The van der Waals surface area contributed by atoms with Gasteiger partial charge in [0.15, 0.2) is 0 Å². The first-order chi connectivity index (χ1) is 15.8. The number of thiophene rings is 1. The summed E-state index contributed by atoms with van der Waals surface area (Å²) in [5.41, 5.74) is -3.06. The van der Waals surface area contributed by atoms with E-state index in [1.807, 2.05) is 6.07 Å². The Hall–Kier alpha value is -2.77. The van der Waals surface area contributed by atoms with Gasteiger partial charge in [-0.1, -0.05) is 36.2 Å². The van der Waals surface area contributed by atoms with Crippen molar-refractivity contribution in [2.24, 2.45) is 0 Å². The van der Waals surface area contributed by atoms with Crippen LogP contribution in [0.5, 0.6) is 11.5 Å². The molecule has 0 spiro atoms. The molecule has 0 bridgehead atoms. The topological polar surface area (TPSA) is 90.6 Å². The first kappa shape index (κ1) is 25.8. The quantitative estimate of drug-likeness (QED) is 0.350. The Bertz CT molecular complexity index is 1300. The van der Waals surface area contributed by atoms with Crippen molar-refractivity contribution in [3.63, 3.8) is 0 Å². The molecule has 0 aliphatic heterocycles. The minimum Gasteiger partial charge on any atom is -0.478 e. The highest BCUT2D eigenvalue weighted by Crippen LogP contribution is 2.52. The SMILES string of the molecule is Cc1cc([C@](O)([C@H](C)c2ccc(Oc3ccc(C(=O)O)c(Cl)c3)cc2Cl)C(F)(F)F)sc1C#N. The highest BCUT2D eigenvalue weighted by Gasteiger charge is 2.60. The van der Waals surface area contributed by atoms with E-state index < -0.39 is 28.5 Å². The van der Waals surface area contributed by atoms with E-state index in [4.69, 9.17) is 38.3 Å². The van der Waals surface area contributed by atoms with Crippen LogP contribution in [0.2, 0.25) is 10.0 Å². The van der Waals surface area contributed by atoms with Crippen LogP contribution in [0.25, 0.3) is 0 Å². The lowest BCUT2D eigenvalue weighted by atomic mass is 9.81. The number of aliphatic hydroxyl groups is 1. The van der Waals surface area contributed by atoms with E-state index in [1.54, 1.807) is 0 Å². The average molecular weight is 530 g/mol. The number of carboxylic acid groups (broad SMARTS) is 1. The number of halogens is 5. The molecule has 178 valence electrons. The maximum Gasteiger partial charge on any atom is 0.422 e. The molecule has 34 heavy (non-hydrogen) atoms. The first-order valence-corrected chi connectivity index (χ1v) is 11.2. The van der Waals surface area contributed by atoms with Crippen LogP contribution < -0.4 is 4.74 Å². The molecule has 11 heteroatoms. The smallest absolute Gasteiger partial charge is 0.422 e. The van der Waals surface area contributed by atoms with Crippen molar-refractivity contribution in [2.75, 3.05) is 0 Å². The van der Waals surface area contributed by atoms with Crippen molar-refractivity contribution >= 4 is 40.5 Å². The third-order valence-corrected chi connectivity index (χ3v) is 7.21. The van der Waals surface area contributed by atoms with E-state index in [-0.39, 0.29) is 37.5 Å². The summed E-state index contributed by atoms with van der Waals surface area (Å²) in [7, 11) is 0. The largest absolute Gasteiger partial charge is 0.478 e. The number of aromatic carboxylic acids is 1. The normalized spacial score (nSPS) is 14.2. The molecule has 1 heterocycles. The Labute approximate surface area is 206 Å². The van der Waals surface area contributed by atoms with Crippen LogP contribution in [0.3, 0.4) is 0 Å². The number of carboxylic acids is 1. The second kappa shape index (κ2) is 9.47. The van der Waals surface area contributed by atoms with E-state index in [1.165, 1.54) is 50.2 Å². The van der Waals surface area contributed by atoms with E-state index in [0.29, 0.717) is 16.9 Å². The molecule has 0 aliphatic rings. The van der Waals surface area contributed by atoms with Crippen molar-refractivity contribution in [3.8, 4) is 17.6 Å². The first-order valence-electron chi connectivity index (χ1n) is 9.59. The zero-order valence-corrected chi connectivity index (χ0v) is 19.9. The maximum atomic E-state index is 14.1. The summed E-state index contributed by atoms with van der Waals surface area (Å²) >= 11 is 12.8. The van der Waals surface area contributed by atoms with Gasteiger partial charge < -0.3 is 14.9 Å². The fourth-order valence-electron chi connectivity index (χ4n) is 3.40. The fraction of sp³-hybridized carbons (Fsp3) is 0.217. The molecule has 3 rings (SSSR count). The van der Waals surface area contributed by atoms with Crippen LogP contribution in [0.4, 0.5) is 13.2 Å². The van der Waals surface area contributed by atoms with E-state index in [0.717, 1.165) is 6.07 Å². The van der Waals surface area contributed by atoms with Gasteiger partial charge in [-0.05, 0) is 48.4 Å². The van der Waals surface area contributed by atoms with Gasteiger partial charge >= 0.3 is 12.1 Å². The molecule has 0 saturated heterocycles. The van der Waals surface area contributed by atoms with Gasteiger partial charge in [-0.3, -0.25) is 0 Å². The minimum absolute atomic E-state index is 0.0117. The van der Waals surface area contributed by atoms with Crippen molar-refractivity contribution in [2.45, 2.75) is 31.5 Å². The number of hydrogen-bond donors (Lipinski definition) is 2. The fourth-order valence-corrected chi connectivity index (χ4v) is 5.15.